The van der Waals surface area contributed by atoms with Gasteiger partial charge in [0.2, 0.25) is 5.91 Å². The molecule has 2 aromatic rings. The molecule has 1 aliphatic rings. The summed E-state index contributed by atoms with van der Waals surface area (Å²) in [7, 11) is 1.67. The van der Waals surface area contributed by atoms with E-state index in [2.05, 4.69) is 5.32 Å². The summed E-state index contributed by atoms with van der Waals surface area (Å²) in [6.45, 7) is 3.41. The molecule has 1 fully saturated rings. The highest BCUT2D eigenvalue weighted by atomic mass is 16.5. The first kappa shape index (κ1) is 17.3. The largest absolute Gasteiger partial charge is 0.497 e. The van der Waals surface area contributed by atoms with Crippen molar-refractivity contribution in [3.63, 3.8) is 0 Å². The molecular weight excluding hydrogens is 316 g/mol. The van der Waals surface area contributed by atoms with Crippen LogP contribution in [0.4, 0.5) is 5.69 Å². The fraction of sp³-hybridized carbons (Fsp3) is 0.350. The first-order valence-corrected chi connectivity index (χ1v) is 8.56. The number of anilines is 1. The summed E-state index contributed by atoms with van der Waals surface area (Å²) in [6, 6.07) is 16.1. The van der Waals surface area contributed by atoms with Gasteiger partial charge in [0.25, 0.3) is 0 Å². The van der Waals surface area contributed by atoms with Crippen molar-refractivity contribution in [3.05, 3.63) is 59.7 Å². The summed E-state index contributed by atoms with van der Waals surface area (Å²) >= 11 is 0. The number of ether oxygens (including phenoxy) is 2. The number of carbonyl (C=O) groups is 1. The van der Waals surface area contributed by atoms with Crippen molar-refractivity contribution in [2.45, 2.75) is 13.0 Å². The van der Waals surface area contributed by atoms with E-state index in [1.165, 1.54) is 5.56 Å². The minimum Gasteiger partial charge on any atom is -0.497 e. The second-order valence-electron chi connectivity index (χ2n) is 6.07. The molecule has 1 heterocycles. The Balaban J connectivity index is 1.50. The fourth-order valence-corrected chi connectivity index (χ4v) is 2.79. The van der Waals surface area contributed by atoms with Gasteiger partial charge < -0.3 is 19.7 Å². The second kappa shape index (κ2) is 8.53. The number of rotatable bonds is 6. The molecule has 1 aliphatic heterocycles. The van der Waals surface area contributed by atoms with Gasteiger partial charge >= 0.3 is 0 Å². The predicted molar refractivity (Wildman–Crippen MR) is 97.9 cm³/mol. The third kappa shape index (κ3) is 4.97. The Bertz CT molecular complexity index is 677. The zero-order valence-electron chi connectivity index (χ0n) is 14.5. The van der Waals surface area contributed by atoms with Crippen molar-refractivity contribution in [1.82, 2.24) is 4.90 Å². The standard InChI is InChI=1S/C20H24N2O3/c1-24-19-8-4-17(5-9-19)15-21-18-6-2-16(3-7-18)14-20(23)22-10-12-25-13-11-22/h2-9,21H,10-15H2,1H3. The normalized spacial score (nSPS) is 14.2. The molecule has 0 saturated carbocycles. The fourth-order valence-electron chi connectivity index (χ4n) is 2.79. The van der Waals surface area contributed by atoms with Crippen LogP contribution < -0.4 is 10.1 Å². The van der Waals surface area contributed by atoms with Crippen LogP contribution in [0, 0.1) is 0 Å². The molecule has 25 heavy (non-hydrogen) atoms. The quantitative estimate of drug-likeness (QED) is 0.878. The number of hydrogen-bond donors (Lipinski definition) is 1. The smallest absolute Gasteiger partial charge is 0.227 e. The van der Waals surface area contributed by atoms with Crippen LogP contribution in [0.1, 0.15) is 11.1 Å². The zero-order valence-corrected chi connectivity index (χ0v) is 14.5. The van der Waals surface area contributed by atoms with E-state index >= 15 is 0 Å². The van der Waals surface area contributed by atoms with Gasteiger partial charge in [0.05, 0.1) is 26.7 Å². The molecule has 0 atom stereocenters. The highest BCUT2D eigenvalue weighted by Crippen LogP contribution is 2.15. The maximum Gasteiger partial charge on any atom is 0.227 e. The average molecular weight is 340 g/mol. The Hall–Kier alpha value is -2.53. The van der Waals surface area contributed by atoms with E-state index in [1.54, 1.807) is 7.11 Å². The summed E-state index contributed by atoms with van der Waals surface area (Å²) in [5.74, 6) is 1.03. The van der Waals surface area contributed by atoms with Crippen molar-refractivity contribution in [2.24, 2.45) is 0 Å². The van der Waals surface area contributed by atoms with E-state index in [4.69, 9.17) is 9.47 Å². The summed E-state index contributed by atoms with van der Waals surface area (Å²) in [5, 5.41) is 3.39. The van der Waals surface area contributed by atoms with Crippen LogP contribution in [0.2, 0.25) is 0 Å². The number of morpholine rings is 1. The second-order valence-corrected chi connectivity index (χ2v) is 6.07. The molecule has 0 bridgehead atoms. The molecule has 0 spiro atoms. The van der Waals surface area contributed by atoms with Gasteiger partial charge in [0, 0.05) is 25.3 Å². The lowest BCUT2D eigenvalue weighted by molar-refractivity contribution is -0.134. The number of carbonyl (C=O) groups excluding carboxylic acids is 1. The molecule has 5 nitrogen and oxygen atoms in total. The van der Waals surface area contributed by atoms with Gasteiger partial charge in [0.1, 0.15) is 5.75 Å². The number of hydrogen-bond acceptors (Lipinski definition) is 4. The van der Waals surface area contributed by atoms with Gasteiger partial charge in [-0.25, -0.2) is 0 Å². The highest BCUT2D eigenvalue weighted by molar-refractivity contribution is 5.79. The number of benzene rings is 2. The third-order valence-electron chi connectivity index (χ3n) is 4.33. The number of methoxy groups -OCH3 is 1. The molecule has 5 heteroatoms. The third-order valence-corrected chi connectivity index (χ3v) is 4.33. The number of nitrogens with one attached hydrogen (secondary N) is 1. The van der Waals surface area contributed by atoms with Crippen molar-refractivity contribution in [3.8, 4) is 5.75 Å². The van der Waals surface area contributed by atoms with Gasteiger partial charge in [-0.3, -0.25) is 4.79 Å². The van der Waals surface area contributed by atoms with Crippen LogP contribution in [0.25, 0.3) is 0 Å². The number of nitrogens with zero attached hydrogens (tertiary/aromatic N) is 1. The first-order chi connectivity index (χ1) is 12.2. The Morgan fingerprint density at radius 2 is 1.68 bits per heavy atom. The van der Waals surface area contributed by atoms with E-state index in [0.29, 0.717) is 32.7 Å². The maximum atomic E-state index is 12.3. The summed E-state index contributed by atoms with van der Waals surface area (Å²) < 4.78 is 10.4. The molecular formula is C20H24N2O3. The molecule has 0 aliphatic carbocycles. The molecule has 0 unspecified atom stereocenters. The van der Waals surface area contributed by atoms with Crippen LogP contribution in [-0.4, -0.2) is 44.2 Å². The van der Waals surface area contributed by atoms with Crippen LogP contribution in [0.15, 0.2) is 48.5 Å². The van der Waals surface area contributed by atoms with Crippen molar-refractivity contribution < 1.29 is 14.3 Å². The molecule has 1 saturated heterocycles. The summed E-state index contributed by atoms with van der Waals surface area (Å²) in [5.41, 5.74) is 3.26. The van der Waals surface area contributed by atoms with Gasteiger partial charge in [0.15, 0.2) is 0 Å². The zero-order chi connectivity index (χ0) is 17.5. The van der Waals surface area contributed by atoms with Gasteiger partial charge in [-0.2, -0.15) is 0 Å². The van der Waals surface area contributed by atoms with Crippen molar-refractivity contribution in [1.29, 1.82) is 0 Å². The van der Waals surface area contributed by atoms with E-state index in [0.717, 1.165) is 23.5 Å². The molecule has 0 aromatic heterocycles. The van der Waals surface area contributed by atoms with Crippen LogP contribution >= 0.6 is 0 Å². The Labute approximate surface area is 148 Å². The minimum absolute atomic E-state index is 0.169. The molecule has 0 radical (unpaired) electrons. The van der Waals surface area contributed by atoms with Crippen molar-refractivity contribution >= 4 is 11.6 Å². The highest BCUT2D eigenvalue weighted by Gasteiger charge is 2.16. The molecule has 3 rings (SSSR count). The van der Waals surface area contributed by atoms with Crippen molar-refractivity contribution in [2.75, 3.05) is 38.7 Å². The maximum absolute atomic E-state index is 12.3. The Kier molecular flexibility index (Phi) is 5.90. The van der Waals surface area contributed by atoms with E-state index in [-0.39, 0.29) is 5.91 Å². The SMILES string of the molecule is COc1ccc(CNc2ccc(CC(=O)N3CCOCC3)cc2)cc1. The minimum atomic E-state index is 0.169. The topological polar surface area (TPSA) is 50.8 Å². The monoisotopic (exact) mass is 340 g/mol. The summed E-state index contributed by atoms with van der Waals surface area (Å²) in [4.78, 5) is 14.1. The summed E-state index contributed by atoms with van der Waals surface area (Å²) in [6.07, 6.45) is 0.443. The van der Waals surface area contributed by atoms with Gasteiger partial charge in [-0.1, -0.05) is 24.3 Å². The Morgan fingerprint density at radius 1 is 1.04 bits per heavy atom. The van der Waals surface area contributed by atoms with Crippen LogP contribution in [0.3, 0.4) is 0 Å². The van der Waals surface area contributed by atoms with Crippen LogP contribution in [-0.2, 0) is 22.5 Å². The predicted octanol–water partition coefficient (Wildman–Crippen LogP) is 2.71. The Morgan fingerprint density at radius 3 is 2.32 bits per heavy atom. The van der Waals surface area contributed by atoms with Gasteiger partial charge in [-0.15, -0.1) is 0 Å². The van der Waals surface area contributed by atoms with Crippen LogP contribution in [0.5, 0.6) is 5.75 Å². The number of amides is 1. The van der Waals surface area contributed by atoms with E-state index < -0.39 is 0 Å². The molecule has 1 N–H and O–H groups in total. The lowest BCUT2D eigenvalue weighted by Crippen LogP contribution is -2.41. The lowest BCUT2D eigenvalue weighted by Gasteiger charge is -2.26. The lowest BCUT2D eigenvalue weighted by atomic mass is 10.1. The van der Waals surface area contributed by atoms with Gasteiger partial charge in [-0.05, 0) is 35.4 Å². The van der Waals surface area contributed by atoms with E-state index in [9.17, 15) is 4.79 Å². The van der Waals surface area contributed by atoms with E-state index in [1.807, 2.05) is 53.4 Å². The molecule has 132 valence electrons. The average Bonchev–Trinajstić information content (AvgIpc) is 2.68. The molecule has 1 amide bonds. The molecule has 2 aromatic carbocycles. The first-order valence-electron chi connectivity index (χ1n) is 8.56.